The number of fused-ring (bicyclic) bond motifs is 3. The van der Waals surface area contributed by atoms with Gasteiger partial charge >= 0.3 is 0 Å². The number of benzene rings is 2. The summed E-state index contributed by atoms with van der Waals surface area (Å²) in [4.78, 5) is 27.5. The maximum absolute atomic E-state index is 13.3. The average molecular weight is 551 g/mol. The number of methoxy groups -OCH3 is 1. The first-order valence-corrected chi connectivity index (χ1v) is 12.4. The van der Waals surface area contributed by atoms with E-state index >= 15 is 0 Å². The summed E-state index contributed by atoms with van der Waals surface area (Å²) in [6.07, 6.45) is -0.562. The Morgan fingerprint density at radius 1 is 1.14 bits per heavy atom. The van der Waals surface area contributed by atoms with E-state index in [1.807, 2.05) is 0 Å². The number of amides is 2. The first-order valence-electron chi connectivity index (χ1n) is 11.7. The number of aliphatic hydroxyl groups is 3. The van der Waals surface area contributed by atoms with E-state index in [0.717, 1.165) is 0 Å². The lowest BCUT2D eigenvalue weighted by Crippen LogP contribution is -2.55. The SMILES string of the molecule is COc1cc(CO)cc2c1O[C@@H]1[C@@H](O)[C@H](N(Cc3ccc(Cl)c(Cl)c3)C(C)=O)C=C(C(=O)NCCO)[C@H]21. The van der Waals surface area contributed by atoms with Gasteiger partial charge in [0.1, 0.15) is 12.2 Å². The molecule has 1 heterocycles. The highest BCUT2D eigenvalue weighted by Gasteiger charge is 2.51. The summed E-state index contributed by atoms with van der Waals surface area (Å²) in [6, 6.07) is 7.41. The van der Waals surface area contributed by atoms with E-state index in [1.165, 1.54) is 18.9 Å². The molecule has 0 unspecified atom stereocenters. The van der Waals surface area contributed by atoms with Crippen molar-refractivity contribution in [3.05, 3.63) is 68.7 Å². The van der Waals surface area contributed by atoms with E-state index in [4.69, 9.17) is 32.7 Å². The van der Waals surface area contributed by atoms with E-state index in [1.54, 1.807) is 36.4 Å². The van der Waals surface area contributed by atoms with Gasteiger partial charge in [0.2, 0.25) is 11.8 Å². The Labute approximate surface area is 224 Å². The Bertz CT molecular complexity index is 1240. The predicted octanol–water partition coefficient (Wildman–Crippen LogP) is 2.17. The number of carbonyl (C=O) groups excluding carboxylic acids is 2. The lowest BCUT2D eigenvalue weighted by Gasteiger charge is -2.40. The van der Waals surface area contributed by atoms with Crippen molar-refractivity contribution in [1.82, 2.24) is 10.2 Å². The third-order valence-electron chi connectivity index (χ3n) is 6.60. The molecule has 4 atom stereocenters. The molecule has 0 bridgehead atoms. The van der Waals surface area contributed by atoms with Crippen LogP contribution >= 0.6 is 23.2 Å². The fraction of sp³-hybridized carbons (Fsp3) is 0.385. The van der Waals surface area contributed by atoms with Gasteiger partial charge in [0.15, 0.2) is 11.5 Å². The molecule has 4 rings (SSSR count). The number of ether oxygens (including phenoxy) is 2. The summed E-state index contributed by atoms with van der Waals surface area (Å²) < 4.78 is 11.6. The van der Waals surface area contributed by atoms with Crippen molar-refractivity contribution >= 4 is 35.0 Å². The fourth-order valence-electron chi connectivity index (χ4n) is 4.88. The zero-order valence-electron chi connectivity index (χ0n) is 20.3. The molecule has 2 aromatic rings. The molecule has 0 radical (unpaired) electrons. The largest absolute Gasteiger partial charge is 0.493 e. The summed E-state index contributed by atoms with van der Waals surface area (Å²) in [5, 5.41) is 33.8. The fourth-order valence-corrected chi connectivity index (χ4v) is 5.20. The van der Waals surface area contributed by atoms with Crippen molar-refractivity contribution in [1.29, 1.82) is 0 Å². The number of hydrogen-bond donors (Lipinski definition) is 4. The second-order valence-electron chi connectivity index (χ2n) is 8.91. The Balaban J connectivity index is 1.79. The Morgan fingerprint density at radius 2 is 1.89 bits per heavy atom. The topological polar surface area (TPSA) is 129 Å². The van der Waals surface area contributed by atoms with E-state index in [-0.39, 0.29) is 37.8 Å². The van der Waals surface area contributed by atoms with Gasteiger partial charge in [-0.3, -0.25) is 9.59 Å². The third-order valence-corrected chi connectivity index (χ3v) is 7.34. The van der Waals surface area contributed by atoms with Crippen molar-refractivity contribution in [2.75, 3.05) is 20.3 Å². The van der Waals surface area contributed by atoms with E-state index in [0.29, 0.717) is 38.2 Å². The van der Waals surface area contributed by atoms with Crippen LogP contribution in [0.2, 0.25) is 10.0 Å². The number of rotatable bonds is 8. The second-order valence-corrected chi connectivity index (χ2v) is 9.73. The second kappa shape index (κ2) is 11.3. The molecule has 1 aliphatic heterocycles. The van der Waals surface area contributed by atoms with E-state index in [2.05, 4.69) is 5.32 Å². The molecule has 2 aliphatic rings. The number of nitrogens with one attached hydrogen (secondary N) is 1. The molecule has 2 aromatic carbocycles. The number of nitrogens with zero attached hydrogens (tertiary/aromatic N) is 1. The number of carbonyl (C=O) groups is 2. The number of halogens is 2. The van der Waals surface area contributed by atoms with Crippen LogP contribution in [-0.2, 0) is 22.7 Å². The van der Waals surface area contributed by atoms with Gasteiger partial charge in [-0.05, 0) is 41.5 Å². The van der Waals surface area contributed by atoms with Crippen LogP contribution in [0.1, 0.15) is 29.5 Å². The lowest BCUT2D eigenvalue weighted by molar-refractivity contribution is -0.135. The molecule has 9 nitrogen and oxygen atoms in total. The van der Waals surface area contributed by atoms with Crippen molar-refractivity contribution in [3.8, 4) is 11.5 Å². The molecule has 0 aromatic heterocycles. The van der Waals surface area contributed by atoms with Crippen molar-refractivity contribution in [2.24, 2.45) is 0 Å². The molecule has 0 saturated heterocycles. The van der Waals surface area contributed by atoms with Crippen LogP contribution in [0.25, 0.3) is 0 Å². The normalized spacial score (nSPS) is 21.9. The maximum atomic E-state index is 13.3. The van der Waals surface area contributed by atoms with Crippen LogP contribution < -0.4 is 14.8 Å². The molecule has 11 heteroatoms. The molecule has 4 N–H and O–H groups in total. The molecule has 0 saturated carbocycles. The zero-order chi connectivity index (χ0) is 26.9. The van der Waals surface area contributed by atoms with E-state index < -0.39 is 30.1 Å². The highest BCUT2D eigenvalue weighted by Crippen LogP contribution is 2.51. The molecular formula is C26H28Cl2N2O7. The van der Waals surface area contributed by atoms with Crippen LogP contribution in [0, 0.1) is 0 Å². The molecule has 1 aliphatic carbocycles. The van der Waals surface area contributed by atoms with Crippen LogP contribution in [0.15, 0.2) is 42.0 Å². The first kappa shape index (κ1) is 27.2. The van der Waals surface area contributed by atoms with Gasteiger partial charge < -0.3 is 35.0 Å². The van der Waals surface area contributed by atoms with Gasteiger partial charge in [-0.25, -0.2) is 0 Å². The monoisotopic (exact) mass is 550 g/mol. The molecule has 0 spiro atoms. The third kappa shape index (κ3) is 5.28. The van der Waals surface area contributed by atoms with Gasteiger partial charge in [-0.1, -0.05) is 29.3 Å². The quantitative estimate of drug-likeness (QED) is 0.396. The van der Waals surface area contributed by atoms with Crippen LogP contribution in [0.3, 0.4) is 0 Å². The Hall–Kier alpha value is -2.82. The van der Waals surface area contributed by atoms with Crippen molar-refractivity contribution < 1.29 is 34.4 Å². The number of hydrogen-bond acceptors (Lipinski definition) is 7. The Kier molecular flexibility index (Phi) is 8.30. The smallest absolute Gasteiger partial charge is 0.247 e. The minimum atomic E-state index is -1.21. The van der Waals surface area contributed by atoms with Gasteiger partial charge in [0.05, 0.1) is 42.3 Å². The van der Waals surface area contributed by atoms with Crippen molar-refractivity contribution in [3.63, 3.8) is 0 Å². The summed E-state index contributed by atoms with van der Waals surface area (Å²) in [5.41, 5.74) is 2.08. The first-order chi connectivity index (χ1) is 17.7. The minimum Gasteiger partial charge on any atom is -0.493 e. The minimum absolute atomic E-state index is 0.0220. The molecule has 0 fully saturated rings. The molecule has 198 valence electrons. The van der Waals surface area contributed by atoms with Gasteiger partial charge in [-0.2, -0.15) is 0 Å². The van der Waals surface area contributed by atoms with Gasteiger partial charge in [-0.15, -0.1) is 0 Å². The molecule has 2 amide bonds. The standard InChI is InChI=1S/C26H28Cl2N2O7/c1-13(33)30(11-14-3-4-18(27)19(28)8-14)20-10-17(26(35)29-5-6-31)22-16-7-15(12-32)9-21(36-2)24(16)37-25(22)23(20)34/h3-4,7-10,20,22-23,25,31-32,34H,5-6,11-12H2,1-2H3,(H,29,35)/t20-,22+,23+,25+/m1/s1. The number of aliphatic hydroxyl groups excluding tert-OH is 3. The summed E-state index contributed by atoms with van der Waals surface area (Å²) in [7, 11) is 1.46. The zero-order valence-corrected chi connectivity index (χ0v) is 21.8. The highest BCUT2D eigenvalue weighted by molar-refractivity contribution is 6.42. The lowest BCUT2D eigenvalue weighted by atomic mass is 9.77. The summed E-state index contributed by atoms with van der Waals surface area (Å²) in [6.45, 7) is 0.971. The highest BCUT2D eigenvalue weighted by atomic mass is 35.5. The molecule has 37 heavy (non-hydrogen) atoms. The van der Waals surface area contributed by atoms with Crippen LogP contribution in [-0.4, -0.2) is 70.5 Å². The predicted molar refractivity (Wildman–Crippen MR) is 137 cm³/mol. The van der Waals surface area contributed by atoms with Gasteiger partial charge in [0.25, 0.3) is 0 Å². The summed E-state index contributed by atoms with van der Waals surface area (Å²) >= 11 is 12.2. The average Bonchev–Trinajstić information content (AvgIpc) is 3.27. The van der Waals surface area contributed by atoms with Crippen LogP contribution in [0.5, 0.6) is 11.5 Å². The van der Waals surface area contributed by atoms with Crippen molar-refractivity contribution in [2.45, 2.75) is 44.2 Å². The van der Waals surface area contributed by atoms with E-state index in [9.17, 15) is 24.9 Å². The molecular weight excluding hydrogens is 523 g/mol. The summed E-state index contributed by atoms with van der Waals surface area (Å²) in [5.74, 6) is -0.790. The van der Waals surface area contributed by atoms with Crippen LogP contribution in [0.4, 0.5) is 0 Å². The maximum Gasteiger partial charge on any atom is 0.247 e. The van der Waals surface area contributed by atoms with Gasteiger partial charge in [0, 0.05) is 31.1 Å². The Morgan fingerprint density at radius 3 is 2.51 bits per heavy atom.